The van der Waals surface area contributed by atoms with E-state index >= 15 is 0 Å². The van der Waals surface area contributed by atoms with Gasteiger partial charge in [-0.1, -0.05) is 12.1 Å². The molecule has 1 saturated heterocycles. The highest BCUT2D eigenvalue weighted by atomic mass is 32.2. The molecular weight excluding hydrogens is 300 g/mol. The predicted molar refractivity (Wildman–Crippen MR) is 88.2 cm³/mol. The van der Waals surface area contributed by atoms with Crippen molar-refractivity contribution in [1.82, 2.24) is 9.62 Å². The first-order valence-electron chi connectivity index (χ1n) is 7.96. The number of nitrogens with zero attached hydrogens (tertiary/aromatic N) is 1. The minimum absolute atomic E-state index is 0.140. The lowest BCUT2D eigenvalue weighted by Gasteiger charge is -2.32. The second-order valence-electron chi connectivity index (χ2n) is 6.00. The smallest absolute Gasteiger partial charge is 0.211 e. The summed E-state index contributed by atoms with van der Waals surface area (Å²) in [5.74, 6) is 0.979. The number of hydrogen-bond donors (Lipinski definition) is 2. The van der Waals surface area contributed by atoms with Crippen LogP contribution in [0.1, 0.15) is 31.7 Å². The largest absolute Gasteiger partial charge is 0.508 e. The molecular formula is C16H26N2O3S. The van der Waals surface area contributed by atoms with E-state index in [1.165, 1.54) is 0 Å². The third-order valence-electron chi connectivity index (χ3n) is 4.17. The summed E-state index contributed by atoms with van der Waals surface area (Å²) in [4.78, 5) is 2.39. The van der Waals surface area contributed by atoms with Crippen molar-refractivity contribution >= 4 is 10.0 Å². The number of hydrogen-bond acceptors (Lipinski definition) is 4. The second kappa shape index (κ2) is 7.94. The van der Waals surface area contributed by atoms with Gasteiger partial charge in [0.2, 0.25) is 10.0 Å². The lowest BCUT2D eigenvalue weighted by atomic mass is 9.94. The maximum atomic E-state index is 11.4. The van der Waals surface area contributed by atoms with Crippen molar-refractivity contribution in [3.05, 3.63) is 29.8 Å². The predicted octanol–water partition coefficient (Wildman–Crippen LogP) is 1.93. The molecule has 0 radical (unpaired) electrons. The molecule has 6 heteroatoms. The molecule has 1 heterocycles. The SMILES string of the molecule is CCS(=O)(=O)NCCC1CCCN(Cc2cccc(O)c2)C1. The maximum Gasteiger partial charge on any atom is 0.211 e. The van der Waals surface area contributed by atoms with Gasteiger partial charge in [0.25, 0.3) is 0 Å². The van der Waals surface area contributed by atoms with Crippen LogP contribution in [0.5, 0.6) is 5.75 Å². The fraction of sp³-hybridized carbons (Fsp3) is 0.625. The molecule has 0 aliphatic carbocycles. The third-order valence-corrected chi connectivity index (χ3v) is 5.58. The van der Waals surface area contributed by atoms with Crippen LogP contribution in [0.15, 0.2) is 24.3 Å². The zero-order valence-electron chi connectivity index (χ0n) is 13.2. The monoisotopic (exact) mass is 326 g/mol. The Morgan fingerprint density at radius 3 is 2.95 bits per heavy atom. The van der Waals surface area contributed by atoms with E-state index in [0.717, 1.165) is 44.5 Å². The highest BCUT2D eigenvalue weighted by Gasteiger charge is 2.20. The van der Waals surface area contributed by atoms with Gasteiger partial charge >= 0.3 is 0 Å². The fourth-order valence-corrected chi connectivity index (χ4v) is 3.60. The first kappa shape index (κ1) is 17.2. The lowest BCUT2D eigenvalue weighted by Crippen LogP contribution is -2.36. The molecule has 22 heavy (non-hydrogen) atoms. The van der Waals surface area contributed by atoms with Crippen molar-refractivity contribution in [2.24, 2.45) is 5.92 Å². The first-order valence-corrected chi connectivity index (χ1v) is 9.61. The Hall–Kier alpha value is -1.11. The van der Waals surface area contributed by atoms with Gasteiger partial charge in [0.1, 0.15) is 5.75 Å². The molecule has 0 bridgehead atoms. The van der Waals surface area contributed by atoms with E-state index in [1.54, 1.807) is 19.1 Å². The van der Waals surface area contributed by atoms with Crippen LogP contribution in [0.25, 0.3) is 0 Å². The van der Waals surface area contributed by atoms with Crippen molar-refractivity contribution < 1.29 is 13.5 Å². The number of sulfonamides is 1. The van der Waals surface area contributed by atoms with Crippen LogP contribution < -0.4 is 4.72 Å². The van der Waals surface area contributed by atoms with Crippen LogP contribution in [0.3, 0.4) is 0 Å². The first-order chi connectivity index (χ1) is 10.5. The molecule has 2 N–H and O–H groups in total. The van der Waals surface area contributed by atoms with Crippen LogP contribution in [-0.4, -0.2) is 43.8 Å². The molecule has 5 nitrogen and oxygen atoms in total. The summed E-state index contributed by atoms with van der Waals surface area (Å²) >= 11 is 0. The van der Waals surface area contributed by atoms with Gasteiger partial charge in [-0.05, 0) is 56.3 Å². The van der Waals surface area contributed by atoms with Crippen LogP contribution in [0.2, 0.25) is 0 Å². The van der Waals surface area contributed by atoms with Crippen LogP contribution >= 0.6 is 0 Å². The van der Waals surface area contributed by atoms with Gasteiger partial charge < -0.3 is 5.11 Å². The van der Waals surface area contributed by atoms with Crippen LogP contribution in [-0.2, 0) is 16.6 Å². The van der Waals surface area contributed by atoms with E-state index < -0.39 is 10.0 Å². The molecule has 0 spiro atoms. The minimum atomic E-state index is -3.08. The zero-order valence-corrected chi connectivity index (χ0v) is 14.0. The van der Waals surface area contributed by atoms with E-state index in [-0.39, 0.29) is 5.75 Å². The van der Waals surface area contributed by atoms with Gasteiger partial charge in [-0.15, -0.1) is 0 Å². The Labute approximate surface area is 133 Å². The number of nitrogens with one attached hydrogen (secondary N) is 1. The average Bonchev–Trinajstić information content (AvgIpc) is 2.47. The number of phenolic OH excluding ortho intramolecular Hbond substituents is 1. The molecule has 1 aromatic carbocycles. The molecule has 0 saturated carbocycles. The minimum Gasteiger partial charge on any atom is -0.508 e. The van der Waals surface area contributed by atoms with Gasteiger partial charge in [0.15, 0.2) is 0 Å². The summed E-state index contributed by atoms with van der Waals surface area (Å²) in [5.41, 5.74) is 1.12. The van der Waals surface area contributed by atoms with Gasteiger partial charge in [-0.25, -0.2) is 13.1 Å². The summed E-state index contributed by atoms with van der Waals surface area (Å²) in [6.07, 6.45) is 3.18. The number of piperidine rings is 1. The standard InChI is InChI=1S/C16H26N2O3S/c1-2-22(20,21)17-9-8-14-6-4-10-18(12-14)13-15-5-3-7-16(19)11-15/h3,5,7,11,14,17,19H,2,4,6,8-10,12-13H2,1H3. The highest BCUT2D eigenvalue weighted by molar-refractivity contribution is 7.89. The molecule has 0 aromatic heterocycles. The fourth-order valence-electron chi connectivity index (χ4n) is 2.96. The maximum absolute atomic E-state index is 11.4. The van der Waals surface area contributed by atoms with Crippen molar-refractivity contribution in [2.75, 3.05) is 25.4 Å². The molecule has 1 aromatic rings. The molecule has 124 valence electrons. The Morgan fingerprint density at radius 1 is 1.41 bits per heavy atom. The van der Waals surface area contributed by atoms with Crippen molar-refractivity contribution in [1.29, 1.82) is 0 Å². The Morgan fingerprint density at radius 2 is 2.23 bits per heavy atom. The molecule has 1 aliphatic rings. The van der Waals surface area contributed by atoms with Crippen molar-refractivity contribution in [3.8, 4) is 5.75 Å². The van der Waals surface area contributed by atoms with Gasteiger partial charge in [0, 0.05) is 19.6 Å². The van der Waals surface area contributed by atoms with Crippen LogP contribution in [0.4, 0.5) is 0 Å². The second-order valence-corrected chi connectivity index (χ2v) is 8.10. The summed E-state index contributed by atoms with van der Waals surface area (Å²) in [6, 6.07) is 7.38. The van der Waals surface area contributed by atoms with Crippen LogP contribution in [0, 0.1) is 5.92 Å². The topological polar surface area (TPSA) is 69.6 Å². The number of rotatable bonds is 7. The molecule has 1 unspecified atom stereocenters. The summed E-state index contributed by atoms with van der Waals surface area (Å²) in [7, 11) is -3.08. The van der Waals surface area contributed by atoms with E-state index in [2.05, 4.69) is 9.62 Å². The molecule has 0 amide bonds. The Kier molecular flexibility index (Phi) is 6.23. The van der Waals surface area contributed by atoms with Crippen molar-refractivity contribution in [2.45, 2.75) is 32.7 Å². The van der Waals surface area contributed by atoms with Gasteiger partial charge in [0.05, 0.1) is 5.75 Å². The highest BCUT2D eigenvalue weighted by Crippen LogP contribution is 2.22. The number of phenols is 1. The summed E-state index contributed by atoms with van der Waals surface area (Å²) < 4.78 is 25.5. The van der Waals surface area contributed by atoms with Gasteiger partial charge in [-0.2, -0.15) is 0 Å². The third kappa shape index (κ3) is 5.59. The number of benzene rings is 1. The van der Waals surface area contributed by atoms with E-state index in [1.807, 2.05) is 12.1 Å². The Balaban J connectivity index is 1.79. The average molecular weight is 326 g/mol. The molecule has 1 fully saturated rings. The van der Waals surface area contributed by atoms with E-state index in [0.29, 0.717) is 18.2 Å². The van der Waals surface area contributed by atoms with Gasteiger partial charge in [-0.3, -0.25) is 4.90 Å². The molecule has 2 rings (SSSR count). The quantitative estimate of drug-likeness (QED) is 0.803. The molecule has 1 aliphatic heterocycles. The molecule has 1 atom stereocenters. The summed E-state index contributed by atoms with van der Waals surface area (Å²) in [6.45, 7) is 5.07. The Bertz CT molecular complexity index is 575. The summed E-state index contributed by atoms with van der Waals surface area (Å²) in [5, 5.41) is 9.53. The number of aromatic hydroxyl groups is 1. The lowest BCUT2D eigenvalue weighted by molar-refractivity contribution is 0.162. The van der Waals surface area contributed by atoms with E-state index in [4.69, 9.17) is 0 Å². The van der Waals surface area contributed by atoms with E-state index in [9.17, 15) is 13.5 Å². The zero-order chi connectivity index (χ0) is 16.0. The number of likely N-dealkylation sites (tertiary alicyclic amines) is 1. The normalized spacial score (nSPS) is 20.1. The van der Waals surface area contributed by atoms with Crippen molar-refractivity contribution in [3.63, 3.8) is 0 Å².